The van der Waals surface area contributed by atoms with E-state index < -0.39 is 29.1 Å². The Kier molecular flexibility index (Phi) is 2.79. The van der Waals surface area contributed by atoms with Crippen molar-refractivity contribution in [2.24, 2.45) is 5.41 Å². The molecule has 0 unspecified atom stereocenters. The van der Waals surface area contributed by atoms with Crippen molar-refractivity contribution in [3.63, 3.8) is 0 Å². The van der Waals surface area contributed by atoms with Crippen LogP contribution in [0.4, 0.5) is 14.9 Å². The van der Waals surface area contributed by atoms with Crippen molar-refractivity contribution >= 4 is 35.1 Å². The standard InChI is InChI=1S/C13H10ClFN2O3/c14-8-3-2-7(15)6-9(8)17-11(19)13(4-1-5-13)10(18)16-12(17)20/h2-3,6H,1,4-5H2,(H,16,18,20). The molecule has 0 atom stereocenters. The van der Waals surface area contributed by atoms with E-state index in [-0.39, 0.29) is 10.7 Å². The molecule has 0 radical (unpaired) electrons. The highest BCUT2D eigenvalue weighted by Gasteiger charge is 2.57. The number of hydrogen-bond acceptors (Lipinski definition) is 3. The number of barbiturate groups is 1. The molecule has 0 aromatic heterocycles. The average Bonchev–Trinajstić information content (AvgIpc) is 2.31. The summed E-state index contributed by atoms with van der Waals surface area (Å²) >= 11 is 5.93. The van der Waals surface area contributed by atoms with Crippen LogP contribution >= 0.6 is 11.6 Å². The highest BCUT2D eigenvalue weighted by atomic mass is 35.5. The van der Waals surface area contributed by atoms with E-state index in [1.807, 2.05) is 0 Å². The van der Waals surface area contributed by atoms with E-state index in [0.29, 0.717) is 12.8 Å². The maximum atomic E-state index is 13.3. The van der Waals surface area contributed by atoms with Crippen LogP contribution < -0.4 is 10.2 Å². The lowest BCUT2D eigenvalue weighted by molar-refractivity contribution is -0.148. The Bertz CT molecular complexity index is 643. The molecule has 20 heavy (non-hydrogen) atoms. The summed E-state index contributed by atoms with van der Waals surface area (Å²) in [6.07, 6.45) is 1.50. The van der Waals surface area contributed by atoms with Gasteiger partial charge in [-0.2, -0.15) is 0 Å². The predicted octanol–water partition coefficient (Wildman–Crippen LogP) is 2.23. The fourth-order valence-electron chi connectivity index (χ4n) is 2.52. The summed E-state index contributed by atoms with van der Waals surface area (Å²) in [5, 5.41) is 2.21. The van der Waals surface area contributed by atoms with E-state index >= 15 is 0 Å². The summed E-state index contributed by atoms with van der Waals surface area (Å²) < 4.78 is 13.3. The first-order chi connectivity index (χ1) is 9.45. The molecule has 1 saturated carbocycles. The SMILES string of the molecule is O=C1NC(=O)C2(CCC2)C(=O)N1c1cc(F)ccc1Cl. The molecule has 7 heteroatoms. The van der Waals surface area contributed by atoms with Gasteiger partial charge in [-0.3, -0.25) is 14.9 Å². The second-order valence-corrected chi connectivity index (χ2v) is 5.34. The lowest BCUT2D eigenvalue weighted by atomic mass is 9.66. The molecule has 3 rings (SSSR count). The van der Waals surface area contributed by atoms with E-state index in [4.69, 9.17) is 11.6 Å². The third-order valence-electron chi connectivity index (χ3n) is 3.83. The molecule has 5 nitrogen and oxygen atoms in total. The summed E-state index contributed by atoms with van der Waals surface area (Å²) in [4.78, 5) is 37.0. The summed E-state index contributed by atoms with van der Waals surface area (Å²) in [5.74, 6) is -1.84. The number of amides is 4. The topological polar surface area (TPSA) is 66.5 Å². The van der Waals surface area contributed by atoms with Gasteiger partial charge in [0.2, 0.25) is 5.91 Å². The maximum Gasteiger partial charge on any atom is 0.335 e. The smallest absolute Gasteiger partial charge is 0.276 e. The second kappa shape index (κ2) is 4.28. The predicted molar refractivity (Wildman–Crippen MR) is 68.7 cm³/mol. The Balaban J connectivity index is 2.08. The molecular weight excluding hydrogens is 287 g/mol. The van der Waals surface area contributed by atoms with E-state index in [1.54, 1.807) is 0 Å². The van der Waals surface area contributed by atoms with Crippen LogP contribution in [0.3, 0.4) is 0 Å². The molecule has 1 aromatic rings. The zero-order chi connectivity index (χ0) is 14.5. The first-order valence-electron chi connectivity index (χ1n) is 6.11. The Morgan fingerprint density at radius 1 is 1.25 bits per heavy atom. The summed E-state index contributed by atoms with van der Waals surface area (Å²) in [7, 11) is 0. The number of urea groups is 1. The number of halogens is 2. The number of hydrogen-bond donors (Lipinski definition) is 1. The van der Waals surface area contributed by atoms with Gasteiger partial charge < -0.3 is 0 Å². The number of benzene rings is 1. The van der Waals surface area contributed by atoms with Gasteiger partial charge in [0.05, 0.1) is 10.7 Å². The minimum absolute atomic E-state index is 0.0482. The molecule has 2 aliphatic rings. The van der Waals surface area contributed by atoms with Gasteiger partial charge in [-0.15, -0.1) is 0 Å². The van der Waals surface area contributed by atoms with Crippen molar-refractivity contribution in [2.75, 3.05) is 4.90 Å². The third-order valence-corrected chi connectivity index (χ3v) is 4.15. The zero-order valence-corrected chi connectivity index (χ0v) is 11.0. The van der Waals surface area contributed by atoms with Crippen LogP contribution in [-0.2, 0) is 9.59 Å². The Hall–Kier alpha value is -1.95. The van der Waals surface area contributed by atoms with Crippen molar-refractivity contribution in [3.8, 4) is 0 Å². The molecule has 0 bridgehead atoms. The van der Waals surface area contributed by atoms with Gasteiger partial charge in [0.15, 0.2) is 0 Å². The number of nitrogens with one attached hydrogen (secondary N) is 1. The lowest BCUT2D eigenvalue weighted by Crippen LogP contribution is -2.66. The first-order valence-corrected chi connectivity index (χ1v) is 6.48. The second-order valence-electron chi connectivity index (χ2n) is 4.93. The van der Waals surface area contributed by atoms with Crippen molar-refractivity contribution in [3.05, 3.63) is 29.0 Å². The molecule has 1 spiro atoms. The third kappa shape index (κ3) is 1.64. The summed E-state index contributed by atoms with van der Waals surface area (Å²) in [5.41, 5.74) is -1.25. The van der Waals surface area contributed by atoms with Crippen molar-refractivity contribution in [2.45, 2.75) is 19.3 Å². The molecular formula is C13H10ClFN2O3. The number of rotatable bonds is 1. The minimum Gasteiger partial charge on any atom is -0.276 e. The van der Waals surface area contributed by atoms with Crippen LogP contribution in [0.2, 0.25) is 5.02 Å². The molecule has 1 N–H and O–H groups in total. The number of anilines is 1. The van der Waals surface area contributed by atoms with Crippen molar-refractivity contribution in [1.82, 2.24) is 5.32 Å². The molecule has 4 amide bonds. The molecule has 104 valence electrons. The highest BCUT2D eigenvalue weighted by molar-refractivity contribution is 6.37. The van der Waals surface area contributed by atoms with Gasteiger partial charge in [-0.25, -0.2) is 14.1 Å². The van der Waals surface area contributed by atoms with Gasteiger partial charge in [0, 0.05) is 0 Å². The Morgan fingerprint density at radius 2 is 1.95 bits per heavy atom. The number of nitrogens with zero attached hydrogens (tertiary/aromatic N) is 1. The van der Waals surface area contributed by atoms with Crippen LogP contribution in [0, 0.1) is 11.2 Å². The van der Waals surface area contributed by atoms with E-state index in [9.17, 15) is 18.8 Å². The Labute approximate surface area is 118 Å². The molecule has 1 saturated heterocycles. The normalized spacial score (nSPS) is 20.9. The molecule has 1 aliphatic heterocycles. The number of carbonyl (C=O) groups is 3. The van der Waals surface area contributed by atoms with Gasteiger partial charge in [0.25, 0.3) is 5.91 Å². The zero-order valence-electron chi connectivity index (χ0n) is 10.3. The van der Waals surface area contributed by atoms with Gasteiger partial charge in [-0.1, -0.05) is 18.0 Å². The highest BCUT2D eigenvalue weighted by Crippen LogP contribution is 2.46. The van der Waals surface area contributed by atoms with Crippen LogP contribution in [0.25, 0.3) is 0 Å². The molecule has 1 aromatic carbocycles. The first kappa shape index (κ1) is 13.1. The van der Waals surface area contributed by atoms with Gasteiger partial charge in [0.1, 0.15) is 11.2 Å². The molecule has 1 aliphatic carbocycles. The number of imide groups is 2. The van der Waals surface area contributed by atoms with Gasteiger partial charge >= 0.3 is 6.03 Å². The van der Waals surface area contributed by atoms with Crippen molar-refractivity contribution < 1.29 is 18.8 Å². The molecule has 1 heterocycles. The van der Waals surface area contributed by atoms with Crippen LogP contribution in [0.1, 0.15) is 19.3 Å². The average molecular weight is 297 g/mol. The monoisotopic (exact) mass is 296 g/mol. The Morgan fingerprint density at radius 3 is 2.55 bits per heavy atom. The van der Waals surface area contributed by atoms with Gasteiger partial charge in [-0.05, 0) is 31.0 Å². The van der Waals surface area contributed by atoms with Crippen LogP contribution in [0.5, 0.6) is 0 Å². The fraction of sp³-hybridized carbons (Fsp3) is 0.308. The largest absolute Gasteiger partial charge is 0.335 e. The maximum absolute atomic E-state index is 13.3. The van der Waals surface area contributed by atoms with Crippen molar-refractivity contribution in [1.29, 1.82) is 0 Å². The number of carbonyl (C=O) groups excluding carboxylic acids is 3. The summed E-state index contributed by atoms with van der Waals surface area (Å²) in [6.45, 7) is 0. The van der Waals surface area contributed by atoms with Crippen LogP contribution in [0.15, 0.2) is 18.2 Å². The fourth-order valence-corrected chi connectivity index (χ4v) is 2.73. The van der Waals surface area contributed by atoms with E-state index in [1.165, 1.54) is 6.07 Å². The quantitative estimate of drug-likeness (QED) is 0.808. The van der Waals surface area contributed by atoms with E-state index in [2.05, 4.69) is 5.32 Å². The minimum atomic E-state index is -1.20. The summed E-state index contributed by atoms with van der Waals surface area (Å²) in [6, 6.07) is 2.49. The lowest BCUT2D eigenvalue weighted by Gasteiger charge is -2.44. The van der Waals surface area contributed by atoms with Crippen LogP contribution in [-0.4, -0.2) is 17.8 Å². The van der Waals surface area contributed by atoms with E-state index in [0.717, 1.165) is 23.5 Å². The molecule has 2 fully saturated rings.